The van der Waals surface area contributed by atoms with Crippen molar-refractivity contribution in [2.45, 2.75) is 0 Å². The molecule has 2 heterocycles. The number of aromatic nitrogens is 4. The van der Waals surface area contributed by atoms with Crippen LogP contribution in [0.1, 0.15) is 22.8 Å². The van der Waals surface area contributed by atoms with Crippen molar-refractivity contribution < 1.29 is 0 Å². The summed E-state index contributed by atoms with van der Waals surface area (Å²) in [5.41, 5.74) is 2.38. The molecule has 3 aromatic carbocycles. The maximum atomic E-state index is 4.30. The summed E-state index contributed by atoms with van der Waals surface area (Å²) in [4.78, 5) is 14.9. The highest BCUT2D eigenvalue weighted by Crippen LogP contribution is 2.35. The number of H-pyrrole nitrogens is 2. The molecular weight excluding hydrogens is 344 g/mol. The van der Waals surface area contributed by atoms with Crippen LogP contribution in [0.5, 0.6) is 0 Å². The van der Waals surface area contributed by atoms with Crippen LogP contribution in [0.3, 0.4) is 0 Å². The van der Waals surface area contributed by atoms with Gasteiger partial charge >= 0.3 is 0 Å². The Bertz CT molecular complexity index is 1130. The van der Waals surface area contributed by atoms with Crippen molar-refractivity contribution in [3.05, 3.63) is 96.1 Å². The van der Waals surface area contributed by atoms with Crippen LogP contribution >= 0.6 is 0 Å². The largest absolute Gasteiger partial charge is 0.345 e. The fourth-order valence-electron chi connectivity index (χ4n) is 3.62. The average molecular weight is 362 g/mol. The van der Waals surface area contributed by atoms with Gasteiger partial charge in [-0.15, -0.1) is 0 Å². The number of nitrogens with one attached hydrogen (secondary N) is 2. The van der Waals surface area contributed by atoms with Crippen molar-refractivity contribution in [1.82, 2.24) is 19.9 Å². The molecule has 4 nitrogen and oxygen atoms in total. The van der Waals surface area contributed by atoms with Gasteiger partial charge in [0.2, 0.25) is 0 Å². The van der Waals surface area contributed by atoms with Gasteiger partial charge in [0.1, 0.15) is 11.6 Å². The van der Waals surface area contributed by atoms with Gasteiger partial charge < -0.3 is 9.97 Å². The standard InChI is InChI=1S/C24H18N4/c1-2-6-18-17(5-1)21(9-11-23-25-13-14-26-23)19-7-3-4-8-20(19)22(18)10-12-24-27-15-16-28-24/h1-16H,(H,25,26)(H,27,28)/b11-9+,12-10+. The molecule has 0 aliphatic heterocycles. The minimum Gasteiger partial charge on any atom is -0.345 e. The molecule has 0 unspecified atom stereocenters. The molecule has 0 saturated carbocycles. The summed E-state index contributed by atoms with van der Waals surface area (Å²) in [6.45, 7) is 0. The zero-order valence-corrected chi connectivity index (χ0v) is 15.1. The third kappa shape index (κ3) is 2.91. The van der Waals surface area contributed by atoms with Crippen LogP contribution in [-0.2, 0) is 0 Å². The normalized spacial score (nSPS) is 12.0. The van der Waals surface area contributed by atoms with E-state index in [1.165, 1.54) is 32.7 Å². The van der Waals surface area contributed by atoms with Gasteiger partial charge in [0.15, 0.2) is 0 Å². The van der Waals surface area contributed by atoms with Crippen LogP contribution in [0.4, 0.5) is 0 Å². The molecule has 0 saturated heterocycles. The van der Waals surface area contributed by atoms with Crippen molar-refractivity contribution in [3.63, 3.8) is 0 Å². The quantitative estimate of drug-likeness (QED) is 0.398. The summed E-state index contributed by atoms with van der Waals surface area (Å²) in [6.07, 6.45) is 15.5. The summed E-state index contributed by atoms with van der Waals surface area (Å²) >= 11 is 0. The lowest BCUT2D eigenvalue weighted by Gasteiger charge is -2.13. The first kappa shape index (κ1) is 16.3. The average Bonchev–Trinajstić information content (AvgIpc) is 3.44. The van der Waals surface area contributed by atoms with Crippen molar-refractivity contribution in [2.24, 2.45) is 0 Å². The van der Waals surface area contributed by atoms with Crippen LogP contribution < -0.4 is 0 Å². The highest BCUT2D eigenvalue weighted by Gasteiger charge is 2.10. The van der Waals surface area contributed by atoms with Gasteiger partial charge in [0, 0.05) is 24.8 Å². The van der Waals surface area contributed by atoms with E-state index in [1.807, 2.05) is 24.5 Å². The topological polar surface area (TPSA) is 57.4 Å². The molecule has 28 heavy (non-hydrogen) atoms. The Labute approximate surface area is 162 Å². The fourth-order valence-corrected chi connectivity index (χ4v) is 3.62. The molecule has 5 aromatic rings. The summed E-state index contributed by atoms with van der Waals surface area (Å²) in [7, 11) is 0. The summed E-state index contributed by atoms with van der Waals surface area (Å²) in [5, 5.41) is 4.84. The zero-order valence-electron chi connectivity index (χ0n) is 15.1. The first-order chi connectivity index (χ1) is 13.9. The Morgan fingerprint density at radius 1 is 0.536 bits per heavy atom. The zero-order chi connectivity index (χ0) is 18.8. The lowest BCUT2D eigenvalue weighted by molar-refractivity contribution is 1.27. The van der Waals surface area contributed by atoms with Gasteiger partial charge in [0.05, 0.1) is 0 Å². The second kappa shape index (κ2) is 7.00. The lowest BCUT2D eigenvalue weighted by Crippen LogP contribution is -1.89. The number of nitrogens with zero attached hydrogens (tertiary/aromatic N) is 2. The molecule has 2 N–H and O–H groups in total. The molecule has 0 fully saturated rings. The van der Waals surface area contributed by atoms with Crippen LogP contribution in [0, 0.1) is 0 Å². The Morgan fingerprint density at radius 2 is 0.929 bits per heavy atom. The second-order valence-electron chi connectivity index (χ2n) is 6.53. The Kier molecular flexibility index (Phi) is 4.07. The number of benzene rings is 3. The molecule has 0 spiro atoms. The van der Waals surface area contributed by atoms with Gasteiger partial charge in [-0.2, -0.15) is 0 Å². The van der Waals surface area contributed by atoms with E-state index in [2.05, 4.69) is 80.6 Å². The summed E-state index contributed by atoms with van der Waals surface area (Å²) in [6, 6.07) is 17.0. The highest BCUT2D eigenvalue weighted by molar-refractivity contribution is 6.14. The van der Waals surface area contributed by atoms with E-state index in [0.717, 1.165) is 11.6 Å². The van der Waals surface area contributed by atoms with Crippen LogP contribution in [-0.4, -0.2) is 19.9 Å². The van der Waals surface area contributed by atoms with Gasteiger partial charge in [-0.25, -0.2) is 9.97 Å². The molecule has 0 radical (unpaired) electrons. The molecule has 0 aliphatic rings. The van der Waals surface area contributed by atoms with E-state index in [-0.39, 0.29) is 0 Å². The molecule has 0 amide bonds. The van der Waals surface area contributed by atoms with E-state index >= 15 is 0 Å². The van der Waals surface area contributed by atoms with Gasteiger partial charge in [-0.1, -0.05) is 60.7 Å². The molecule has 0 aliphatic carbocycles. The maximum absolute atomic E-state index is 4.30. The third-order valence-electron chi connectivity index (χ3n) is 4.87. The van der Waals surface area contributed by atoms with Crippen molar-refractivity contribution in [2.75, 3.05) is 0 Å². The Hall–Kier alpha value is -3.92. The van der Waals surface area contributed by atoms with E-state index in [9.17, 15) is 0 Å². The van der Waals surface area contributed by atoms with Crippen LogP contribution in [0.25, 0.3) is 45.8 Å². The fraction of sp³-hybridized carbons (Fsp3) is 0. The summed E-state index contributed by atoms with van der Waals surface area (Å²) < 4.78 is 0. The Balaban J connectivity index is 1.78. The number of aromatic amines is 2. The van der Waals surface area contributed by atoms with Crippen LogP contribution in [0.15, 0.2) is 73.3 Å². The predicted octanol–water partition coefficient (Wildman–Crippen LogP) is 5.78. The van der Waals surface area contributed by atoms with Gasteiger partial charge in [0.25, 0.3) is 0 Å². The molecule has 0 atom stereocenters. The monoisotopic (exact) mass is 362 g/mol. The number of imidazole rings is 2. The van der Waals surface area contributed by atoms with E-state index in [0.29, 0.717) is 0 Å². The number of hydrogen-bond donors (Lipinski definition) is 2. The van der Waals surface area contributed by atoms with Gasteiger partial charge in [-0.3, -0.25) is 0 Å². The predicted molar refractivity (Wildman–Crippen MR) is 116 cm³/mol. The molecule has 134 valence electrons. The maximum Gasteiger partial charge on any atom is 0.129 e. The first-order valence-electron chi connectivity index (χ1n) is 9.18. The highest BCUT2D eigenvalue weighted by atomic mass is 14.9. The van der Waals surface area contributed by atoms with E-state index in [1.54, 1.807) is 12.4 Å². The molecule has 4 heteroatoms. The van der Waals surface area contributed by atoms with Crippen LogP contribution in [0.2, 0.25) is 0 Å². The van der Waals surface area contributed by atoms with E-state index in [4.69, 9.17) is 0 Å². The Morgan fingerprint density at radius 3 is 1.25 bits per heavy atom. The lowest BCUT2D eigenvalue weighted by atomic mass is 9.91. The molecule has 5 rings (SSSR count). The van der Waals surface area contributed by atoms with Crippen molar-refractivity contribution >= 4 is 45.8 Å². The molecular formula is C24H18N4. The number of hydrogen-bond acceptors (Lipinski definition) is 2. The molecule has 2 aromatic heterocycles. The van der Waals surface area contributed by atoms with Crippen molar-refractivity contribution in [3.8, 4) is 0 Å². The smallest absolute Gasteiger partial charge is 0.129 e. The minimum atomic E-state index is 0.843. The first-order valence-corrected chi connectivity index (χ1v) is 9.18. The van der Waals surface area contributed by atoms with Gasteiger partial charge in [-0.05, 0) is 44.8 Å². The number of fused-ring (bicyclic) bond motifs is 2. The second-order valence-corrected chi connectivity index (χ2v) is 6.53. The number of rotatable bonds is 4. The molecule has 0 bridgehead atoms. The van der Waals surface area contributed by atoms with Crippen molar-refractivity contribution in [1.29, 1.82) is 0 Å². The SMILES string of the molecule is C(=C\c1c2ccccc2c(/C=C/c2ncc[nH]2)c2ccccc12)/c1ncc[nH]1. The summed E-state index contributed by atoms with van der Waals surface area (Å²) in [5.74, 6) is 1.69. The van der Waals surface area contributed by atoms with E-state index < -0.39 is 0 Å². The minimum absolute atomic E-state index is 0.843. The third-order valence-corrected chi connectivity index (χ3v) is 4.87.